The summed E-state index contributed by atoms with van der Waals surface area (Å²) in [7, 11) is 1.88. The molecule has 0 radical (unpaired) electrons. The molecule has 1 aliphatic rings. The van der Waals surface area contributed by atoms with Crippen LogP contribution in [0.25, 0.3) is 0 Å². The Kier molecular flexibility index (Phi) is 8.66. The first kappa shape index (κ1) is 19.6. The number of amides is 1. The number of halogens is 2. The Morgan fingerprint density at radius 3 is 2.80 bits per heavy atom. The second-order valence-electron chi connectivity index (χ2n) is 5.29. The van der Waals surface area contributed by atoms with Gasteiger partial charge in [0.15, 0.2) is 0 Å². The number of hydrogen-bond donors (Lipinski definition) is 1. The minimum atomic E-state index is 0. The number of nitrogens with zero attached hydrogens (tertiary/aromatic N) is 2. The summed E-state index contributed by atoms with van der Waals surface area (Å²) < 4.78 is 0. The van der Waals surface area contributed by atoms with Crippen LogP contribution in [0.2, 0.25) is 0 Å². The molecule has 1 saturated heterocycles. The van der Waals surface area contributed by atoms with Crippen LogP contribution >= 0.6 is 36.2 Å². The predicted octanol–water partition coefficient (Wildman–Crippen LogP) is 2.62. The van der Waals surface area contributed by atoms with Crippen molar-refractivity contribution in [3.05, 3.63) is 16.1 Å². The number of nitrogens with one attached hydrogen (secondary N) is 1. The molecular formula is C13H23Cl2N3OS. The first-order chi connectivity index (χ1) is 8.58. The highest BCUT2D eigenvalue weighted by molar-refractivity contribution is 7.09. The Morgan fingerprint density at radius 1 is 1.55 bits per heavy atom. The van der Waals surface area contributed by atoms with Crippen LogP contribution in [-0.2, 0) is 6.42 Å². The number of rotatable bonds is 4. The molecule has 0 aliphatic carbocycles. The SMILES string of the molecule is CC(C)Cc1nc(C(=O)N(C)C2CCNC2)cs1.Cl.Cl. The zero-order valence-electron chi connectivity index (χ0n) is 12.1. The zero-order valence-corrected chi connectivity index (χ0v) is 14.5. The lowest BCUT2D eigenvalue weighted by molar-refractivity contribution is 0.0738. The van der Waals surface area contributed by atoms with Crippen molar-refractivity contribution < 1.29 is 4.79 Å². The van der Waals surface area contributed by atoms with E-state index < -0.39 is 0 Å². The molecule has 1 unspecified atom stereocenters. The molecule has 0 aromatic carbocycles. The molecule has 1 aromatic rings. The summed E-state index contributed by atoms with van der Waals surface area (Å²) in [4.78, 5) is 18.6. The molecule has 1 N–H and O–H groups in total. The van der Waals surface area contributed by atoms with Crippen LogP contribution in [0, 0.1) is 5.92 Å². The van der Waals surface area contributed by atoms with E-state index in [2.05, 4.69) is 24.1 Å². The number of thiazole rings is 1. The van der Waals surface area contributed by atoms with Crippen LogP contribution in [0.4, 0.5) is 0 Å². The van der Waals surface area contributed by atoms with Crippen molar-refractivity contribution in [1.29, 1.82) is 0 Å². The third-order valence-electron chi connectivity index (χ3n) is 3.26. The fourth-order valence-corrected chi connectivity index (χ4v) is 3.15. The molecule has 7 heteroatoms. The first-order valence-corrected chi connectivity index (χ1v) is 7.38. The Hall–Kier alpha value is -0.360. The third-order valence-corrected chi connectivity index (χ3v) is 4.13. The number of carbonyl (C=O) groups excluding carboxylic acids is 1. The highest BCUT2D eigenvalue weighted by Crippen LogP contribution is 2.17. The molecule has 1 aliphatic heterocycles. The van der Waals surface area contributed by atoms with E-state index in [1.54, 1.807) is 11.3 Å². The standard InChI is InChI=1S/C13H21N3OS.2ClH/c1-9(2)6-12-15-11(8-18-12)13(17)16(3)10-4-5-14-7-10;;/h8-10,14H,4-7H2,1-3H3;2*1H. The lowest BCUT2D eigenvalue weighted by atomic mass is 10.1. The largest absolute Gasteiger partial charge is 0.336 e. The fraction of sp³-hybridized carbons (Fsp3) is 0.692. The Labute approximate surface area is 137 Å². The summed E-state index contributed by atoms with van der Waals surface area (Å²) >= 11 is 1.59. The van der Waals surface area contributed by atoms with Crippen molar-refractivity contribution in [2.45, 2.75) is 32.7 Å². The Morgan fingerprint density at radius 2 is 2.25 bits per heavy atom. The van der Waals surface area contributed by atoms with Crippen molar-refractivity contribution in [1.82, 2.24) is 15.2 Å². The van der Waals surface area contributed by atoms with Gasteiger partial charge in [0.05, 0.1) is 5.01 Å². The maximum Gasteiger partial charge on any atom is 0.273 e. The molecule has 2 rings (SSSR count). The molecule has 116 valence electrons. The monoisotopic (exact) mass is 339 g/mol. The lowest BCUT2D eigenvalue weighted by Crippen LogP contribution is -2.38. The van der Waals surface area contributed by atoms with Crippen LogP contribution < -0.4 is 5.32 Å². The van der Waals surface area contributed by atoms with Gasteiger partial charge < -0.3 is 10.2 Å². The van der Waals surface area contributed by atoms with Gasteiger partial charge in [-0.1, -0.05) is 13.8 Å². The van der Waals surface area contributed by atoms with Crippen molar-refractivity contribution in [2.75, 3.05) is 20.1 Å². The maximum absolute atomic E-state index is 12.3. The summed E-state index contributed by atoms with van der Waals surface area (Å²) in [5, 5.41) is 6.23. The molecule has 2 heterocycles. The quantitative estimate of drug-likeness (QED) is 0.916. The summed E-state index contributed by atoms with van der Waals surface area (Å²) in [6, 6.07) is 0.313. The molecule has 1 atom stereocenters. The molecule has 0 saturated carbocycles. The Bertz CT molecular complexity index is 420. The summed E-state index contributed by atoms with van der Waals surface area (Å²) in [6.07, 6.45) is 1.98. The number of carbonyl (C=O) groups is 1. The van der Waals surface area contributed by atoms with E-state index >= 15 is 0 Å². The van der Waals surface area contributed by atoms with Crippen LogP contribution in [0.15, 0.2) is 5.38 Å². The van der Waals surface area contributed by atoms with Gasteiger partial charge >= 0.3 is 0 Å². The first-order valence-electron chi connectivity index (χ1n) is 6.50. The van der Waals surface area contributed by atoms with E-state index in [0.717, 1.165) is 30.9 Å². The normalized spacial score (nSPS) is 17.5. The Balaban J connectivity index is 0.00000180. The topological polar surface area (TPSA) is 45.2 Å². The van der Waals surface area contributed by atoms with Gasteiger partial charge in [0.1, 0.15) is 5.69 Å². The van der Waals surface area contributed by atoms with E-state index in [1.165, 1.54) is 0 Å². The van der Waals surface area contributed by atoms with Gasteiger partial charge in [-0.3, -0.25) is 4.79 Å². The highest BCUT2D eigenvalue weighted by atomic mass is 35.5. The van der Waals surface area contributed by atoms with E-state index in [1.807, 2.05) is 17.3 Å². The van der Waals surface area contributed by atoms with Crippen molar-refractivity contribution in [3.63, 3.8) is 0 Å². The average Bonchev–Trinajstić information content (AvgIpc) is 2.96. The van der Waals surface area contributed by atoms with E-state index in [-0.39, 0.29) is 30.7 Å². The van der Waals surface area contributed by atoms with Crippen LogP contribution in [0.1, 0.15) is 35.8 Å². The molecule has 4 nitrogen and oxygen atoms in total. The zero-order chi connectivity index (χ0) is 13.1. The smallest absolute Gasteiger partial charge is 0.273 e. The van der Waals surface area contributed by atoms with Gasteiger partial charge in [-0.2, -0.15) is 0 Å². The van der Waals surface area contributed by atoms with E-state index in [4.69, 9.17) is 0 Å². The molecular weight excluding hydrogens is 317 g/mol. The van der Waals surface area contributed by atoms with Crippen LogP contribution in [0.5, 0.6) is 0 Å². The van der Waals surface area contributed by atoms with E-state index in [9.17, 15) is 4.79 Å². The average molecular weight is 340 g/mol. The number of aromatic nitrogens is 1. The van der Waals surface area contributed by atoms with Crippen molar-refractivity contribution in [3.8, 4) is 0 Å². The maximum atomic E-state index is 12.3. The highest BCUT2D eigenvalue weighted by Gasteiger charge is 2.25. The van der Waals surface area contributed by atoms with Gasteiger partial charge in [-0.05, 0) is 18.9 Å². The molecule has 1 aromatic heterocycles. The predicted molar refractivity (Wildman–Crippen MR) is 88.5 cm³/mol. The third kappa shape index (κ3) is 4.88. The van der Waals surface area contributed by atoms with Crippen molar-refractivity contribution in [2.24, 2.45) is 5.92 Å². The minimum absolute atomic E-state index is 0. The molecule has 20 heavy (non-hydrogen) atoms. The van der Waals surface area contributed by atoms with Gasteiger partial charge in [0, 0.05) is 31.4 Å². The second kappa shape index (κ2) is 8.82. The van der Waals surface area contributed by atoms with E-state index in [0.29, 0.717) is 17.7 Å². The second-order valence-corrected chi connectivity index (χ2v) is 6.23. The molecule has 0 spiro atoms. The number of hydrogen-bond acceptors (Lipinski definition) is 4. The van der Waals surface area contributed by atoms with Gasteiger partial charge in [-0.25, -0.2) is 4.98 Å². The summed E-state index contributed by atoms with van der Waals surface area (Å²) in [5.74, 6) is 0.630. The number of likely N-dealkylation sites (N-methyl/N-ethyl adjacent to an activating group) is 1. The van der Waals surface area contributed by atoms with Crippen LogP contribution in [0.3, 0.4) is 0 Å². The van der Waals surface area contributed by atoms with Crippen molar-refractivity contribution >= 4 is 42.1 Å². The van der Waals surface area contributed by atoms with Gasteiger partial charge in [0.2, 0.25) is 0 Å². The lowest BCUT2D eigenvalue weighted by Gasteiger charge is -2.22. The van der Waals surface area contributed by atoms with Crippen LogP contribution in [-0.4, -0.2) is 42.0 Å². The van der Waals surface area contributed by atoms with Gasteiger partial charge in [0.25, 0.3) is 5.91 Å². The molecule has 0 bridgehead atoms. The fourth-order valence-electron chi connectivity index (χ4n) is 2.17. The summed E-state index contributed by atoms with van der Waals surface area (Å²) in [5.41, 5.74) is 0.602. The van der Waals surface area contributed by atoms with Gasteiger partial charge in [-0.15, -0.1) is 36.2 Å². The summed E-state index contributed by atoms with van der Waals surface area (Å²) in [6.45, 7) is 6.22. The minimum Gasteiger partial charge on any atom is -0.336 e. The molecule has 1 amide bonds. The molecule has 1 fully saturated rings.